The molecule has 2 aliphatic rings. The van der Waals surface area contributed by atoms with E-state index in [1.165, 1.54) is 19.2 Å². The second-order valence-electron chi connectivity index (χ2n) is 9.70. The van der Waals surface area contributed by atoms with Gasteiger partial charge in [0.2, 0.25) is 11.8 Å². The van der Waals surface area contributed by atoms with E-state index in [0.717, 1.165) is 4.90 Å². The molecule has 7 heteroatoms. The Labute approximate surface area is 183 Å². The van der Waals surface area contributed by atoms with Gasteiger partial charge < -0.3 is 9.64 Å². The van der Waals surface area contributed by atoms with Gasteiger partial charge in [-0.2, -0.15) is 0 Å². The number of amides is 3. The quantitative estimate of drug-likeness (QED) is 0.512. The smallest absolute Gasteiger partial charge is 0.337 e. The molecule has 1 aliphatic heterocycles. The number of hydrogen-bond donors (Lipinski definition) is 0. The zero-order valence-corrected chi connectivity index (χ0v) is 19.4. The van der Waals surface area contributed by atoms with Gasteiger partial charge in [-0.15, -0.1) is 0 Å². The first-order valence-corrected chi connectivity index (χ1v) is 10.8. The van der Waals surface area contributed by atoms with Gasteiger partial charge in [0.15, 0.2) is 0 Å². The van der Waals surface area contributed by atoms with E-state index < -0.39 is 17.9 Å². The number of hydrogen-bond acceptors (Lipinski definition) is 5. The standard InChI is InChI=1S/C24H32N2O5/c1-8-14(2)25(21(29)19-23(3,4)24(19,5)6)17-13-18(27)26(20(17)28)16-11-9-15(10-12-16)22(30)31-7/h9-12,14,17,19H,8,13H2,1-7H3. The molecule has 1 saturated carbocycles. The lowest BCUT2D eigenvalue weighted by Gasteiger charge is -2.33. The first-order valence-electron chi connectivity index (χ1n) is 10.8. The van der Waals surface area contributed by atoms with Gasteiger partial charge in [0.25, 0.3) is 5.91 Å². The molecule has 31 heavy (non-hydrogen) atoms. The van der Waals surface area contributed by atoms with Crippen LogP contribution in [0.2, 0.25) is 0 Å². The maximum absolute atomic E-state index is 13.6. The van der Waals surface area contributed by atoms with Crippen molar-refractivity contribution >= 4 is 29.4 Å². The van der Waals surface area contributed by atoms with E-state index >= 15 is 0 Å². The molecular weight excluding hydrogens is 396 g/mol. The molecular formula is C24H32N2O5. The van der Waals surface area contributed by atoms with Crippen LogP contribution >= 0.6 is 0 Å². The fourth-order valence-corrected chi connectivity index (χ4v) is 4.81. The molecule has 1 aromatic rings. The summed E-state index contributed by atoms with van der Waals surface area (Å²) in [4.78, 5) is 54.2. The molecule has 1 aliphatic carbocycles. The number of methoxy groups -OCH3 is 1. The Morgan fingerprint density at radius 2 is 1.68 bits per heavy atom. The summed E-state index contributed by atoms with van der Waals surface area (Å²) >= 11 is 0. The SMILES string of the molecule is CCC(C)N(C(=O)C1C(C)(C)C1(C)C)C1CC(=O)N(c2ccc(C(=O)OC)cc2)C1=O. The van der Waals surface area contributed by atoms with Gasteiger partial charge in [-0.3, -0.25) is 14.4 Å². The summed E-state index contributed by atoms with van der Waals surface area (Å²) < 4.78 is 4.69. The van der Waals surface area contributed by atoms with E-state index in [-0.39, 0.29) is 41.0 Å². The lowest BCUT2D eigenvalue weighted by molar-refractivity contribution is -0.143. The highest BCUT2D eigenvalue weighted by Crippen LogP contribution is 2.69. The van der Waals surface area contributed by atoms with Gasteiger partial charge in [0.1, 0.15) is 6.04 Å². The average Bonchev–Trinajstić information content (AvgIpc) is 2.96. The third-order valence-corrected chi connectivity index (χ3v) is 7.59. The first-order chi connectivity index (χ1) is 14.4. The Kier molecular flexibility index (Phi) is 5.76. The molecule has 0 radical (unpaired) electrons. The van der Waals surface area contributed by atoms with Crippen molar-refractivity contribution in [3.05, 3.63) is 29.8 Å². The minimum Gasteiger partial charge on any atom is -0.465 e. The molecule has 3 amide bonds. The molecule has 2 unspecified atom stereocenters. The zero-order chi connectivity index (χ0) is 23.3. The molecule has 1 aromatic carbocycles. The number of nitrogens with zero attached hydrogens (tertiary/aromatic N) is 2. The lowest BCUT2D eigenvalue weighted by atomic mass is 10.0. The Balaban J connectivity index is 1.89. The molecule has 2 fully saturated rings. The van der Waals surface area contributed by atoms with Gasteiger partial charge in [-0.05, 0) is 48.4 Å². The second-order valence-corrected chi connectivity index (χ2v) is 9.70. The second kappa shape index (κ2) is 7.77. The van der Waals surface area contributed by atoms with E-state index in [0.29, 0.717) is 17.7 Å². The molecule has 3 rings (SSSR count). The number of carbonyl (C=O) groups excluding carboxylic acids is 4. The highest BCUT2D eigenvalue weighted by molar-refractivity contribution is 6.23. The summed E-state index contributed by atoms with van der Waals surface area (Å²) in [7, 11) is 1.29. The van der Waals surface area contributed by atoms with E-state index in [1.807, 2.05) is 13.8 Å². The molecule has 1 heterocycles. The van der Waals surface area contributed by atoms with Crippen molar-refractivity contribution in [2.75, 3.05) is 12.0 Å². The number of rotatable bonds is 6. The molecule has 168 valence electrons. The van der Waals surface area contributed by atoms with Crippen LogP contribution in [0.3, 0.4) is 0 Å². The monoisotopic (exact) mass is 428 g/mol. The summed E-state index contributed by atoms with van der Waals surface area (Å²) in [5.74, 6) is -1.49. The highest BCUT2D eigenvalue weighted by Gasteiger charge is 2.69. The van der Waals surface area contributed by atoms with Crippen LogP contribution in [0.25, 0.3) is 0 Å². The Morgan fingerprint density at radius 3 is 2.13 bits per heavy atom. The molecule has 2 atom stereocenters. The predicted molar refractivity (Wildman–Crippen MR) is 116 cm³/mol. The predicted octanol–water partition coefficient (Wildman–Crippen LogP) is 3.41. The normalized spacial score (nSPS) is 22.9. The van der Waals surface area contributed by atoms with Crippen molar-refractivity contribution in [1.29, 1.82) is 0 Å². The van der Waals surface area contributed by atoms with E-state index in [9.17, 15) is 19.2 Å². The summed E-state index contributed by atoms with van der Waals surface area (Å²) in [6, 6.07) is 5.15. The maximum Gasteiger partial charge on any atom is 0.337 e. The number of esters is 1. The molecule has 0 aromatic heterocycles. The van der Waals surface area contributed by atoms with Crippen molar-refractivity contribution in [3.8, 4) is 0 Å². The average molecular weight is 429 g/mol. The molecule has 0 bridgehead atoms. The molecule has 0 N–H and O–H groups in total. The summed E-state index contributed by atoms with van der Waals surface area (Å²) in [6.45, 7) is 12.2. The topological polar surface area (TPSA) is 84.0 Å². The van der Waals surface area contributed by atoms with Gasteiger partial charge in [0.05, 0.1) is 24.8 Å². The minimum absolute atomic E-state index is 0.0404. The van der Waals surface area contributed by atoms with Crippen molar-refractivity contribution < 1.29 is 23.9 Å². The largest absolute Gasteiger partial charge is 0.465 e. The highest BCUT2D eigenvalue weighted by atomic mass is 16.5. The molecule has 1 saturated heterocycles. The fourth-order valence-electron chi connectivity index (χ4n) is 4.81. The zero-order valence-electron chi connectivity index (χ0n) is 19.4. The molecule has 0 spiro atoms. The van der Waals surface area contributed by atoms with Gasteiger partial charge in [-0.25, -0.2) is 9.69 Å². The molecule has 7 nitrogen and oxygen atoms in total. The van der Waals surface area contributed by atoms with E-state index in [2.05, 4.69) is 32.4 Å². The number of carbonyl (C=O) groups is 4. The first kappa shape index (κ1) is 23.0. The van der Waals surface area contributed by atoms with Gasteiger partial charge in [0, 0.05) is 12.0 Å². The van der Waals surface area contributed by atoms with Crippen LogP contribution in [0.5, 0.6) is 0 Å². The van der Waals surface area contributed by atoms with Crippen LogP contribution in [0.4, 0.5) is 5.69 Å². The third kappa shape index (κ3) is 3.54. The van der Waals surface area contributed by atoms with Crippen LogP contribution in [0.1, 0.15) is 64.7 Å². The Hall–Kier alpha value is -2.70. The van der Waals surface area contributed by atoms with Crippen LogP contribution in [-0.4, -0.2) is 47.8 Å². The van der Waals surface area contributed by atoms with Crippen molar-refractivity contribution in [2.24, 2.45) is 16.7 Å². The van der Waals surface area contributed by atoms with E-state index in [4.69, 9.17) is 0 Å². The van der Waals surface area contributed by atoms with E-state index in [1.54, 1.807) is 17.0 Å². The van der Waals surface area contributed by atoms with Crippen LogP contribution in [0.15, 0.2) is 24.3 Å². The van der Waals surface area contributed by atoms with Crippen molar-refractivity contribution in [1.82, 2.24) is 4.90 Å². The fraction of sp³-hybridized carbons (Fsp3) is 0.583. The number of imide groups is 1. The van der Waals surface area contributed by atoms with Crippen molar-refractivity contribution in [3.63, 3.8) is 0 Å². The number of ether oxygens (including phenoxy) is 1. The number of anilines is 1. The van der Waals surface area contributed by atoms with Crippen LogP contribution in [0, 0.1) is 16.7 Å². The summed E-state index contributed by atoms with van der Waals surface area (Å²) in [6.07, 6.45) is 0.645. The van der Waals surface area contributed by atoms with Gasteiger partial charge in [-0.1, -0.05) is 34.6 Å². The summed E-state index contributed by atoms with van der Waals surface area (Å²) in [5.41, 5.74) is 0.390. The minimum atomic E-state index is -0.817. The van der Waals surface area contributed by atoms with Crippen LogP contribution in [-0.2, 0) is 19.1 Å². The van der Waals surface area contributed by atoms with Crippen LogP contribution < -0.4 is 4.90 Å². The van der Waals surface area contributed by atoms with Crippen molar-refractivity contribution in [2.45, 2.75) is 66.5 Å². The summed E-state index contributed by atoms with van der Waals surface area (Å²) in [5, 5.41) is 0. The van der Waals surface area contributed by atoms with Gasteiger partial charge >= 0.3 is 5.97 Å². The number of benzene rings is 1. The lowest BCUT2D eigenvalue weighted by Crippen LogP contribution is -2.51. The Bertz CT molecular complexity index is 904. The Morgan fingerprint density at radius 1 is 1.13 bits per heavy atom. The third-order valence-electron chi connectivity index (χ3n) is 7.59. The maximum atomic E-state index is 13.6.